The minimum absolute atomic E-state index is 0.340. The molecule has 0 aromatic heterocycles. The van der Waals surface area contributed by atoms with Crippen molar-refractivity contribution in [3.05, 3.63) is 59.7 Å². The van der Waals surface area contributed by atoms with E-state index < -0.39 is 9.84 Å². The summed E-state index contributed by atoms with van der Waals surface area (Å²) in [7, 11) is -3.37. The summed E-state index contributed by atoms with van der Waals surface area (Å²) in [5, 5.41) is 0. The maximum Gasteiger partial charge on any atom is 0.206 e. The summed E-state index contributed by atoms with van der Waals surface area (Å²) in [6, 6.07) is 13.8. The third-order valence-electron chi connectivity index (χ3n) is 2.66. The largest absolute Gasteiger partial charge is 0.219 e. The Hall–Kier alpha value is -1.61. The molecule has 0 radical (unpaired) electrons. The summed E-state index contributed by atoms with van der Waals surface area (Å²) in [4.78, 5) is 0.680. The molecule has 0 fully saturated rings. The summed E-state index contributed by atoms with van der Waals surface area (Å²) >= 11 is 0. The molecule has 21 heavy (non-hydrogen) atoms. The third-order valence-corrected chi connectivity index (χ3v) is 4.45. The number of sulfone groups is 1. The molecule has 2 nitrogen and oxygen atoms in total. The Labute approximate surface area is 129 Å². The fourth-order valence-corrected chi connectivity index (χ4v) is 2.83. The molecule has 0 heterocycles. The van der Waals surface area contributed by atoms with E-state index in [1.54, 1.807) is 48.5 Å². The van der Waals surface area contributed by atoms with Crippen LogP contribution in [-0.2, 0) is 9.84 Å². The Bertz CT molecular complexity index is 558. The maximum absolute atomic E-state index is 12.3. The van der Waals surface area contributed by atoms with Crippen LogP contribution in [-0.4, -0.2) is 8.42 Å². The molecule has 0 N–H and O–H groups in total. The van der Waals surface area contributed by atoms with Gasteiger partial charge in [0.2, 0.25) is 9.84 Å². The van der Waals surface area contributed by atoms with Crippen molar-refractivity contribution in [1.82, 2.24) is 0 Å². The van der Waals surface area contributed by atoms with Gasteiger partial charge >= 0.3 is 0 Å². The van der Waals surface area contributed by atoms with Crippen LogP contribution >= 0.6 is 0 Å². The lowest BCUT2D eigenvalue weighted by molar-refractivity contribution is 0.596. The number of hydrogen-bond donors (Lipinski definition) is 0. The summed E-state index contributed by atoms with van der Waals surface area (Å²) in [5.74, 6) is 0. The predicted molar refractivity (Wildman–Crippen MR) is 90.5 cm³/mol. The first kappa shape index (κ1) is 19.4. The molecule has 0 saturated carbocycles. The fraction of sp³-hybridized carbons (Fsp3) is 0.333. The standard InChI is InChI=1S/C14H14O2S.2C2H6/c1-11-3-7-13(8-4-11)17(15,16)14-9-5-12(2)6-10-14;2*1-2/h3-10H,1-2H3;2*1-2H3. The lowest BCUT2D eigenvalue weighted by atomic mass is 10.2. The van der Waals surface area contributed by atoms with E-state index >= 15 is 0 Å². The molecule has 0 bridgehead atoms. The van der Waals surface area contributed by atoms with Gasteiger partial charge in [-0.15, -0.1) is 0 Å². The van der Waals surface area contributed by atoms with Gasteiger partial charge in [0.1, 0.15) is 0 Å². The van der Waals surface area contributed by atoms with Crippen LogP contribution in [0.15, 0.2) is 58.3 Å². The van der Waals surface area contributed by atoms with Crippen LogP contribution in [0.5, 0.6) is 0 Å². The van der Waals surface area contributed by atoms with Crippen LogP contribution in [0.3, 0.4) is 0 Å². The summed E-state index contributed by atoms with van der Waals surface area (Å²) in [6.07, 6.45) is 0. The quantitative estimate of drug-likeness (QED) is 0.765. The molecule has 0 amide bonds. The zero-order valence-electron chi connectivity index (χ0n) is 13.8. The molecule has 0 aliphatic heterocycles. The Morgan fingerprint density at radius 1 is 0.571 bits per heavy atom. The molecular formula is C18H26O2S. The second kappa shape index (κ2) is 9.35. The second-order valence-corrected chi connectivity index (χ2v) is 6.08. The van der Waals surface area contributed by atoms with Gasteiger partial charge in [-0.2, -0.15) is 0 Å². The highest BCUT2D eigenvalue weighted by molar-refractivity contribution is 7.91. The Morgan fingerprint density at radius 3 is 1.05 bits per heavy atom. The van der Waals surface area contributed by atoms with Gasteiger partial charge in [0.15, 0.2) is 0 Å². The molecule has 2 aromatic rings. The van der Waals surface area contributed by atoms with Crippen LogP contribution in [0.1, 0.15) is 38.8 Å². The van der Waals surface area contributed by atoms with Gasteiger partial charge in [-0.05, 0) is 38.1 Å². The highest BCUT2D eigenvalue weighted by Crippen LogP contribution is 2.21. The van der Waals surface area contributed by atoms with E-state index in [4.69, 9.17) is 0 Å². The highest BCUT2D eigenvalue weighted by atomic mass is 32.2. The van der Waals surface area contributed by atoms with Crippen molar-refractivity contribution in [2.75, 3.05) is 0 Å². The van der Waals surface area contributed by atoms with Gasteiger partial charge < -0.3 is 0 Å². The average Bonchev–Trinajstić information content (AvgIpc) is 2.52. The van der Waals surface area contributed by atoms with Crippen molar-refractivity contribution in [2.24, 2.45) is 0 Å². The van der Waals surface area contributed by atoms with Crippen molar-refractivity contribution < 1.29 is 8.42 Å². The van der Waals surface area contributed by atoms with Crippen LogP contribution < -0.4 is 0 Å². The van der Waals surface area contributed by atoms with Crippen molar-refractivity contribution in [3.63, 3.8) is 0 Å². The van der Waals surface area contributed by atoms with Crippen molar-refractivity contribution in [3.8, 4) is 0 Å². The Balaban J connectivity index is 0.000000921. The fourth-order valence-electron chi connectivity index (χ4n) is 1.57. The highest BCUT2D eigenvalue weighted by Gasteiger charge is 2.16. The van der Waals surface area contributed by atoms with E-state index in [2.05, 4.69) is 0 Å². The van der Waals surface area contributed by atoms with E-state index in [1.807, 2.05) is 41.5 Å². The lowest BCUT2D eigenvalue weighted by Crippen LogP contribution is -2.01. The van der Waals surface area contributed by atoms with E-state index in [-0.39, 0.29) is 0 Å². The number of aryl methyl sites for hydroxylation is 2. The smallest absolute Gasteiger partial charge is 0.206 e. The average molecular weight is 306 g/mol. The van der Waals surface area contributed by atoms with E-state index in [0.717, 1.165) is 11.1 Å². The molecule has 3 heteroatoms. The summed E-state index contributed by atoms with van der Waals surface area (Å²) in [5.41, 5.74) is 2.10. The zero-order valence-corrected chi connectivity index (χ0v) is 14.7. The maximum atomic E-state index is 12.3. The van der Waals surface area contributed by atoms with Gasteiger partial charge in [-0.25, -0.2) is 8.42 Å². The van der Waals surface area contributed by atoms with Gasteiger partial charge in [0.25, 0.3) is 0 Å². The summed E-state index contributed by atoms with van der Waals surface area (Å²) < 4.78 is 24.5. The minimum Gasteiger partial charge on any atom is -0.219 e. The van der Waals surface area contributed by atoms with Crippen LogP contribution in [0.2, 0.25) is 0 Å². The molecular weight excluding hydrogens is 280 g/mol. The lowest BCUT2D eigenvalue weighted by Gasteiger charge is -2.05. The first-order valence-corrected chi connectivity index (χ1v) is 8.87. The first-order valence-electron chi connectivity index (χ1n) is 7.38. The van der Waals surface area contributed by atoms with Crippen molar-refractivity contribution in [2.45, 2.75) is 51.3 Å². The molecule has 0 saturated heterocycles. The Morgan fingerprint density at radius 2 is 0.810 bits per heavy atom. The van der Waals surface area contributed by atoms with Gasteiger partial charge in [0.05, 0.1) is 9.79 Å². The molecule has 0 unspecified atom stereocenters. The second-order valence-electron chi connectivity index (χ2n) is 4.13. The number of hydrogen-bond acceptors (Lipinski definition) is 2. The number of benzene rings is 2. The summed E-state index contributed by atoms with van der Waals surface area (Å²) in [6.45, 7) is 11.9. The molecule has 2 rings (SSSR count). The molecule has 116 valence electrons. The van der Waals surface area contributed by atoms with E-state index in [9.17, 15) is 8.42 Å². The molecule has 2 aromatic carbocycles. The van der Waals surface area contributed by atoms with Crippen LogP contribution in [0.25, 0.3) is 0 Å². The topological polar surface area (TPSA) is 34.1 Å². The normalized spacial score (nSPS) is 9.81. The molecule has 0 aliphatic carbocycles. The zero-order chi connectivity index (χ0) is 16.5. The SMILES string of the molecule is CC.CC.Cc1ccc(S(=O)(=O)c2ccc(C)cc2)cc1. The molecule has 0 atom stereocenters. The van der Waals surface area contributed by atoms with Crippen molar-refractivity contribution >= 4 is 9.84 Å². The monoisotopic (exact) mass is 306 g/mol. The van der Waals surface area contributed by atoms with E-state index in [1.165, 1.54) is 0 Å². The van der Waals surface area contributed by atoms with Gasteiger partial charge in [-0.1, -0.05) is 63.1 Å². The number of rotatable bonds is 2. The van der Waals surface area contributed by atoms with Gasteiger partial charge in [0, 0.05) is 0 Å². The first-order chi connectivity index (χ1) is 10.00. The predicted octanol–water partition coefficient (Wildman–Crippen LogP) is 5.19. The Kier molecular flexibility index (Phi) is 8.63. The molecule has 0 aliphatic rings. The minimum atomic E-state index is -3.37. The third kappa shape index (κ3) is 5.35. The van der Waals surface area contributed by atoms with E-state index in [0.29, 0.717) is 9.79 Å². The van der Waals surface area contributed by atoms with Crippen LogP contribution in [0.4, 0.5) is 0 Å². The van der Waals surface area contributed by atoms with Gasteiger partial charge in [-0.3, -0.25) is 0 Å². The molecule has 0 spiro atoms. The van der Waals surface area contributed by atoms with Crippen LogP contribution in [0, 0.1) is 13.8 Å². The van der Waals surface area contributed by atoms with Crippen molar-refractivity contribution in [1.29, 1.82) is 0 Å².